The fourth-order valence-corrected chi connectivity index (χ4v) is 0.489. The van der Waals surface area contributed by atoms with E-state index in [9.17, 15) is 4.79 Å². The summed E-state index contributed by atoms with van der Waals surface area (Å²) in [4.78, 5) is 10.7. The third kappa shape index (κ3) is 6.84. The van der Waals surface area contributed by atoms with Crippen LogP contribution in [0.5, 0.6) is 0 Å². The Balaban J connectivity index is 3.53. The Kier molecular flexibility index (Phi) is 5.17. The van der Waals surface area contributed by atoms with Crippen molar-refractivity contribution in [1.29, 1.82) is 0 Å². The van der Waals surface area contributed by atoms with E-state index in [-0.39, 0.29) is 5.97 Å². The molecule has 0 bridgehead atoms. The summed E-state index contributed by atoms with van der Waals surface area (Å²) in [6.07, 6.45) is 4.33. The molecule has 0 unspecified atom stereocenters. The Morgan fingerprint density at radius 1 is 1.64 bits per heavy atom. The molecule has 2 heteroatoms. The van der Waals surface area contributed by atoms with Gasteiger partial charge in [-0.3, -0.25) is 4.79 Å². The highest BCUT2D eigenvalue weighted by Gasteiger charge is 1.95. The number of carbonyl (C=O) groups is 1. The molecule has 0 spiro atoms. The van der Waals surface area contributed by atoms with Gasteiger partial charge in [-0.2, -0.15) is 0 Å². The monoisotopic (exact) mass is 154 g/mol. The molecule has 0 saturated carbocycles. The van der Waals surface area contributed by atoms with Crippen LogP contribution in [0.15, 0.2) is 24.5 Å². The molecule has 0 aliphatic carbocycles. The maximum atomic E-state index is 10.7. The molecule has 11 heavy (non-hydrogen) atoms. The Morgan fingerprint density at radius 3 is 2.73 bits per heavy atom. The predicted octanol–water partition coefficient (Wildman–Crippen LogP) is 2.42. The molecular weight excluding hydrogens is 140 g/mol. The normalized spacial score (nSPS) is 10.0. The van der Waals surface area contributed by atoms with E-state index in [2.05, 4.69) is 6.58 Å². The standard InChI is InChI=1S/C9H14O2/c1-4-5-9(10)11-7-6-8(2)3/h6-7H,2,4-5H2,1,3H3. The van der Waals surface area contributed by atoms with E-state index in [1.54, 1.807) is 6.08 Å². The topological polar surface area (TPSA) is 26.3 Å². The van der Waals surface area contributed by atoms with E-state index in [0.717, 1.165) is 12.0 Å². The van der Waals surface area contributed by atoms with Crippen molar-refractivity contribution in [2.24, 2.45) is 0 Å². The molecule has 0 aromatic carbocycles. The number of allylic oxidation sites excluding steroid dienone is 2. The summed E-state index contributed by atoms with van der Waals surface area (Å²) < 4.78 is 4.71. The highest BCUT2D eigenvalue weighted by Crippen LogP contribution is 1.94. The summed E-state index contributed by atoms with van der Waals surface area (Å²) >= 11 is 0. The number of rotatable bonds is 4. The molecular formula is C9H14O2. The number of esters is 1. The quantitative estimate of drug-likeness (QED) is 0.353. The Hall–Kier alpha value is -1.05. The summed E-state index contributed by atoms with van der Waals surface area (Å²) in [7, 11) is 0. The molecule has 0 aliphatic heterocycles. The van der Waals surface area contributed by atoms with Crippen molar-refractivity contribution < 1.29 is 9.53 Å². The first-order chi connectivity index (χ1) is 5.16. The third-order valence-corrected chi connectivity index (χ3v) is 1.01. The molecule has 0 heterocycles. The predicted molar refractivity (Wildman–Crippen MR) is 45.0 cm³/mol. The lowest BCUT2D eigenvalue weighted by Crippen LogP contribution is -1.97. The smallest absolute Gasteiger partial charge is 0.310 e. The zero-order chi connectivity index (χ0) is 8.69. The molecule has 0 atom stereocenters. The second-order valence-electron chi connectivity index (χ2n) is 2.39. The molecule has 62 valence electrons. The fourth-order valence-electron chi connectivity index (χ4n) is 0.489. The highest BCUT2D eigenvalue weighted by molar-refractivity contribution is 5.69. The first kappa shape index (κ1) is 9.95. The van der Waals surface area contributed by atoms with Crippen LogP contribution in [0.4, 0.5) is 0 Å². The van der Waals surface area contributed by atoms with Gasteiger partial charge in [-0.15, -0.1) is 0 Å². The molecule has 0 rings (SSSR count). The minimum absolute atomic E-state index is 0.190. The van der Waals surface area contributed by atoms with Crippen LogP contribution in [0.3, 0.4) is 0 Å². The van der Waals surface area contributed by atoms with Gasteiger partial charge in [0.05, 0.1) is 6.26 Å². The maximum absolute atomic E-state index is 10.7. The lowest BCUT2D eigenvalue weighted by atomic mass is 10.3. The SMILES string of the molecule is C=C(C)C=COC(=O)CCC. The van der Waals surface area contributed by atoms with Crippen LogP contribution in [0, 0.1) is 0 Å². The van der Waals surface area contributed by atoms with Gasteiger partial charge in [0.15, 0.2) is 0 Å². The minimum atomic E-state index is -0.190. The van der Waals surface area contributed by atoms with Gasteiger partial charge >= 0.3 is 5.97 Å². The van der Waals surface area contributed by atoms with E-state index >= 15 is 0 Å². The van der Waals surface area contributed by atoms with Crippen LogP contribution in [0.2, 0.25) is 0 Å². The minimum Gasteiger partial charge on any atom is -0.434 e. The van der Waals surface area contributed by atoms with E-state index in [1.807, 2.05) is 13.8 Å². The summed E-state index contributed by atoms with van der Waals surface area (Å²) in [5, 5.41) is 0. The summed E-state index contributed by atoms with van der Waals surface area (Å²) in [5.41, 5.74) is 0.870. The lowest BCUT2D eigenvalue weighted by Gasteiger charge is -1.94. The second-order valence-corrected chi connectivity index (χ2v) is 2.39. The molecule has 0 aromatic rings. The van der Waals surface area contributed by atoms with Gasteiger partial charge in [0.25, 0.3) is 0 Å². The van der Waals surface area contributed by atoms with Crippen molar-refractivity contribution >= 4 is 5.97 Å². The number of carbonyl (C=O) groups excluding carboxylic acids is 1. The zero-order valence-electron chi connectivity index (χ0n) is 7.09. The van der Waals surface area contributed by atoms with Crippen LogP contribution >= 0.6 is 0 Å². The first-order valence-corrected chi connectivity index (χ1v) is 3.68. The van der Waals surface area contributed by atoms with E-state index in [0.29, 0.717) is 6.42 Å². The molecule has 0 fully saturated rings. The van der Waals surface area contributed by atoms with Gasteiger partial charge < -0.3 is 4.74 Å². The first-order valence-electron chi connectivity index (χ1n) is 3.68. The second kappa shape index (κ2) is 5.71. The van der Waals surface area contributed by atoms with Crippen LogP contribution < -0.4 is 0 Å². The average Bonchev–Trinajstić information content (AvgIpc) is 1.87. The van der Waals surface area contributed by atoms with Gasteiger partial charge in [0.2, 0.25) is 0 Å². The largest absolute Gasteiger partial charge is 0.434 e. The van der Waals surface area contributed by atoms with Crippen LogP contribution in [-0.2, 0) is 9.53 Å². The molecule has 0 aromatic heterocycles. The number of hydrogen-bond donors (Lipinski definition) is 0. The van der Waals surface area contributed by atoms with Crippen LogP contribution in [0.1, 0.15) is 26.7 Å². The van der Waals surface area contributed by atoms with Gasteiger partial charge in [-0.1, -0.05) is 19.1 Å². The molecule has 2 nitrogen and oxygen atoms in total. The van der Waals surface area contributed by atoms with Gasteiger partial charge in [-0.25, -0.2) is 0 Å². The number of hydrogen-bond acceptors (Lipinski definition) is 2. The average molecular weight is 154 g/mol. The van der Waals surface area contributed by atoms with Crippen molar-refractivity contribution in [3.05, 3.63) is 24.5 Å². The Bertz CT molecular complexity index is 168. The Labute approximate surface area is 67.6 Å². The van der Waals surface area contributed by atoms with Gasteiger partial charge in [0.1, 0.15) is 0 Å². The fraction of sp³-hybridized carbons (Fsp3) is 0.444. The molecule has 0 radical (unpaired) electrons. The lowest BCUT2D eigenvalue weighted by molar-refractivity contribution is -0.138. The Morgan fingerprint density at radius 2 is 2.27 bits per heavy atom. The summed E-state index contributed by atoms with van der Waals surface area (Å²) in [6.45, 7) is 7.39. The third-order valence-electron chi connectivity index (χ3n) is 1.01. The van der Waals surface area contributed by atoms with Crippen molar-refractivity contribution in [1.82, 2.24) is 0 Å². The van der Waals surface area contributed by atoms with Crippen molar-refractivity contribution in [2.45, 2.75) is 26.7 Å². The zero-order valence-corrected chi connectivity index (χ0v) is 7.09. The molecule has 0 N–H and O–H groups in total. The maximum Gasteiger partial charge on any atom is 0.310 e. The van der Waals surface area contributed by atoms with Crippen LogP contribution in [-0.4, -0.2) is 5.97 Å². The molecule has 0 amide bonds. The van der Waals surface area contributed by atoms with E-state index in [4.69, 9.17) is 4.74 Å². The molecule has 0 saturated heterocycles. The summed E-state index contributed by atoms with van der Waals surface area (Å²) in [6, 6.07) is 0. The van der Waals surface area contributed by atoms with Crippen molar-refractivity contribution in [3.8, 4) is 0 Å². The van der Waals surface area contributed by atoms with Gasteiger partial charge in [0, 0.05) is 6.42 Å². The van der Waals surface area contributed by atoms with Gasteiger partial charge in [-0.05, 0) is 19.4 Å². The van der Waals surface area contributed by atoms with Crippen LogP contribution in [0.25, 0.3) is 0 Å². The summed E-state index contributed by atoms with van der Waals surface area (Å²) in [5.74, 6) is -0.190. The number of ether oxygens (including phenoxy) is 1. The van der Waals surface area contributed by atoms with Crippen molar-refractivity contribution in [2.75, 3.05) is 0 Å². The molecule has 0 aliphatic rings. The van der Waals surface area contributed by atoms with Crippen molar-refractivity contribution in [3.63, 3.8) is 0 Å². The highest BCUT2D eigenvalue weighted by atomic mass is 16.5. The van der Waals surface area contributed by atoms with E-state index in [1.165, 1.54) is 6.26 Å². The van der Waals surface area contributed by atoms with E-state index < -0.39 is 0 Å².